The molecule has 1 aromatic rings. The number of hydrogen-bond acceptors (Lipinski definition) is 7. The Bertz CT molecular complexity index is 429. The largest absolute Gasteiger partial charge is 0.390 e. The predicted molar refractivity (Wildman–Crippen MR) is 53.1 cm³/mol. The Kier molecular flexibility index (Phi) is 2.47. The lowest BCUT2D eigenvalue weighted by Gasteiger charge is -2.27. The van der Waals surface area contributed by atoms with Gasteiger partial charge in [-0.15, -0.1) is 0 Å². The number of anilines is 2. The Morgan fingerprint density at radius 3 is 2.88 bits per heavy atom. The van der Waals surface area contributed by atoms with E-state index in [1.165, 1.54) is 7.05 Å². The van der Waals surface area contributed by atoms with Crippen molar-refractivity contribution in [2.75, 3.05) is 18.1 Å². The third-order valence-corrected chi connectivity index (χ3v) is 2.39. The van der Waals surface area contributed by atoms with Crippen molar-refractivity contribution in [1.29, 1.82) is 0 Å². The van der Waals surface area contributed by atoms with E-state index in [0.717, 1.165) is 4.90 Å². The van der Waals surface area contributed by atoms with Crippen molar-refractivity contribution in [1.82, 2.24) is 15.1 Å². The summed E-state index contributed by atoms with van der Waals surface area (Å²) >= 11 is 0. The van der Waals surface area contributed by atoms with Crippen molar-refractivity contribution < 1.29 is 14.0 Å². The molecule has 1 aromatic heterocycles. The molecule has 2 amide bonds. The van der Waals surface area contributed by atoms with Gasteiger partial charge in [-0.25, -0.2) is 0 Å². The van der Waals surface area contributed by atoms with E-state index in [9.17, 15) is 9.59 Å². The van der Waals surface area contributed by atoms with Crippen molar-refractivity contribution >= 4 is 23.8 Å². The number of nitrogens with zero attached hydrogens (tertiary/aromatic N) is 3. The molecule has 16 heavy (non-hydrogen) atoms. The third kappa shape index (κ3) is 1.81. The van der Waals surface area contributed by atoms with Crippen LogP contribution in [0.4, 0.5) is 12.0 Å². The van der Waals surface area contributed by atoms with Crippen molar-refractivity contribution in [3.8, 4) is 0 Å². The molecule has 1 aliphatic rings. The molecule has 0 saturated carbocycles. The van der Waals surface area contributed by atoms with Gasteiger partial charge in [0.2, 0.25) is 5.91 Å². The highest BCUT2D eigenvalue weighted by Crippen LogP contribution is 2.16. The summed E-state index contributed by atoms with van der Waals surface area (Å²) < 4.78 is 4.89. The molecule has 2 rings (SSSR count). The standard InChI is InChI=1S/C8H11N5O3/c1-13-5(14)3-2-4(6(13)15)10-8-12-11-7(9)16-8/h4H,2-3H2,1H3,(H2,9,11)(H,10,12). The Labute approximate surface area is 90.8 Å². The lowest BCUT2D eigenvalue weighted by atomic mass is 10.1. The molecule has 0 aliphatic carbocycles. The fourth-order valence-corrected chi connectivity index (χ4v) is 1.49. The molecular formula is C8H11N5O3. The summed E-state index contributed by atoms with van der Waals surface area (Å²) in [4.78, 5) is 24.0. The number of carbonyl (C=O) groups excluding carboxylic acids is 2. The molecule has 0 radical (unpaired) electrons. The number of likely N-dealkylation sites (N-methyl/N-ethyl adjacent to an activating group) is 1. The summed E-state index contributed by atoms with van der Waals surface area (Å²) in [5.41, 5.74) is 5.24. The van der Waals surface area contributed by atoms with Crippen LogP contribution in [0.15, 0.2) is 4.42 Å². The number of hydrogen-bond donors (Lipinski definition) is 2. The number of aromatic nitrogens is 2. The fraction of sp³-hybridized carbons (Fsp3) is 0.500. The molecule has 1 saturated heterocycles. The first-order valence-corrected chi connectivity index (χ1v) is 4.74. The Balaban J connectivity index is 2.06. The number of imide groups is 1. The van der Waals surface area contributed by atoms with E-state index < -0.39 is 6.04 Å². The van der Waals surface area contributed by atoms with Crippen LogP contribution in [0.3, 0.4) is 0 Å². The minimum absolute atomic E-state index is 0.0739. The molecule has 1 aliphatic heterocycles. The van der Waals surface area contributed by atoms with E-state index in [1.54, 1.807) is 0 Å². The number of piperidine rings is 1. The monoisotopic (exact) mass is 225 g/mol. The van der Waals surface area contributed by atoms with Crippen LogP contribution < -0.4 is 11.1 Å². The van der Waals surface area contributed by atoms with Crippen molar-refractivity contribution in [3.05, 3.63) is 0 Å². The van der Waals surface area contributed by atoms with Gasteiger partial charge in [0.25, 0.3) is 5.91 Å². The van der Waals surface area contributed by atoms with Crippen molar-refractivity contribution in [2.45, 2.75) is 18.9 Å². The average Bonchev–Trinajstić information content (AvgIpc) is 2.65. The van der Waals surface area contributed by atoms with Gasteiger partial charge >= 0.3 is 12.0 Å². The number of nitrogen functional groups attached to an aromatic ring is 1. The molecule has 3 N–H and O–H groups in total. The maximum Gasteiger partial charge on any atom is 0.317 e. The number of nitrogens with one attached hydrogen (secondary N) is 1. The number of rotatable bonds is 2. The maximum absolute atomic E-state index is 11.7. The van der Waals surface area contributed by atoms with E-state index in [2.05, 4.69) is 15.5 Å². The summed E-state index contributed by atoms with van der Waals surface area (Å²) in [5, 5.41) is 9.77. The number of likely N-dealkylation sites (tertiary alicyclic amines) is 1. The van der Waals surface area contributed by atoms with Crippen LogP contribution in [0, 0.1) is 0 Å². The zero-order valence-electron chi connectivity index (χ0n) is 8.64. The molecule has 1 unspecified atom stereocenters. The number of amides is 2. The first-order chi connectivity index (χ1) is 7.58. The lowest BCUT2D eigenvalue weighted by molar-refractivity contribution is -0.146. The minimum Gasteiger partial charge on any atom is -0.390 e. The van der Waals surface area contributed by atoms with E-state index in [4.69, 9.17) is 10.2 Å². The summed E-state index contributed by atoms with van der Waals surface area (Å²) in [6, 6.07) is -0.517. The Morgan fingerprint density at radius 2 is 2.25 bits per heavy atom. The van der Waals surface area contributed by atoms with Gasteiger partial charge < -0.3 is 15.5 Å². The fourth-order valence-electron chi connectivity index (χ4n) is 1.49. The Morgan fingerprint density at radius 1 is 1.50 bits per heavy atom. The summed E-state index contributed by atoms with van der Waals surface area (Å²) in [7, 11) is 1.45. The molecule has 0 aromatic carbocycles. The van der Waals surface area contributed by atoms with Gasteiger partial charge in [-0.3, -0.25) is 14.5 Å². The summed E-state index contributed by atoms with van der Waals surface area (Å²) in [5.74, 6) is -0.499. The summed E-state index contributed by atoms with van der Waals surface area (Å²) in [6.45, 7) is 0. The molecular weight excluding hydrogens is 214 g/mol. The van der Waals surface area contributed by atoms with Crippen LogP contribution in [-0.4, -0.2) is 40.0 Å². The maximum atomic E-state index is 11.7. The van der Waals surface area contributed by atoms with E-state index in [0.29, 0.717) is 12.8 Å². The normalized spacial score (nSPS) is 21.3. The van der Waals surface area contributed by atoms with Gasteiger partial charge in [-0.2, -0.15) is 0 Å². The number of carbonyl (C=O) groups is 2. The summed E-state index contributed by atoms with van der Waals surface area (Å²) in [6.07, 6.45) is 0.716. The average molecular weight is 225 g/mol. The van der Waals surface area contributed by atoms with Gasteiger partial charge in [0, 0.05) is 13.5 Å². The smallest absolute Gasteiger partial charge is 0.317 e. The molecule has 2 heterocycles. The Hall–Kier alpha value is -2.12. The van der Waals surface area contributed by atoms with Crippen molar-refractivity contribution in [3.63, 3.8) is 0 Å². The minimum atomic E-state index is -0.525. The van der Waals surface area contributed by atoms with Crippen LogP contribution in [-0.2, 0) is 9.59 Å². The molecule has 1 fully saturated rings. The molecule has 86 valence electrons. The number of nitrogens with two attached hydrogens (primary N) is 1. The zero-order valence-corrected chi connectivity index (χ0v) is 8.64. The van der Waals surface area contributed by atoms with Gasteiger partial charge in [0.1, 0.15) is 6.04 Å². The van der Waals surface area contributed by atoms with Gasteiger partial charge in [-0.1, -0.05) is 10.2 Å². The van der Waals surface area contributed by atoms with Gasteiger partial charge in [-0.05, 0) is 6.42 Å². The highest BCUT2D eigenvalue weighted by Gasteiger charge is 2.32. The van der Waals surface area contributed by atoms with Crippen LogP contribution >= 0.6 is 0 Å². The van der Waals surface area contributed by atoms with Crippen LogP contribution in [0.2, 0.25) is 0 Å². The van der Waals surface area contributed by atoms with Crippen LogP contribution in [0.5, 0.6) is 0 Å². The van der Waals surface area contributed by atoms with Crippen molar-refractivity contribution in [2.24, 2.45) is 0 Å². The lowest BCUT2D eigenvalue weighted by Crippen LogP contribution is -2.48. The van der Waals surface area contributed by atoms with Crippen LogP contribution in [0.25, 0.3) is 0 Å². The quantitative estimate of drug-likeness (QED) is 0.634. The second kappa shape index (κ2) is 3.80. The molecule has 0 bridgehead atoms. The molecule has 8 heteroatoms. The predicted octanol–water partition coefficient (Wildman–Crippen LogP) is -0.789. The molecule has 8 nitrogen and oxygen atoms in total. The highest BCUT2D eigenvalue weighted by molar-refractivity contribution is 6.01. The first-order valence-electron chi connectivity index (χ1n) is 4.74. The molecule has 1 atom stereocenters. The van der Waals surface area contributed by atoms with Gasteiger partial charge in [0.15, 0.2) is 0 Å². The van der Waals surface area contributed by atoms with E-state index >= 15 is 0 Å². The molecule has 0 spiro atoms. The van der Waals surface area contributed by atoms with Crippen LogP contribution in [0.1, 0.15) is 12.8 Å². The first kappa shape index (κ1) is 10.4. The highest BCUT2D eigenvalue weighted by atomic mass is 16.4. The third-order valence-electron chi connectivity index (χ3n) is 2.39. The zero-order chi connectivity index (χ0) is 11.7. The van der Waals surface area contributed by atoms with E-state index in [-0.39, 0.29) is 23.8 Å². The van der Waals surface area contributed by atoms with Gasteiger partial charge in [0.05, 0.1) is 0 Å². The van der Waals surface area contributed by atoms with E-state index in [1.807, 2.05) is 0 Å². The topological polar surface area (TPSA) is 114 Å². The second-order valence-electron chi connectivity index (χ2n) is 3.47. The SMILES string of the molecule is CN1C(=O)CCC(Nc2nnc(N)o2)C1=O. The second-order valence-corrected chi connectivity index (χ2v) is 3.47.